The summed E-state index contributed by atoms with van der Waals surface area (Å²) in [4.78, 5) is 0. The molecule has 0 aromatic rings. The largest absolute Gasteiger partial charge is 0.312 e. The smallest absolute Gasteiger partial charge is 0.155 e. The van der Waals surface area contributed by atoms with Gasteiger partial charge in [0.15, 0.2) is 9.84 Å². The van der Waals surface area contributed by atoms with E-state index in [-0.39, 0.29) is 28.3 Å². The van der Waals surface area contributed by atoms with E-state index in [4.69, 9.17) is 0 Å². The summed E-state index contributed by atoms with van der Waals surface area (Å²) < 4.78 is 22.0. The molecule has 2 aliphatic heterocycles. The van der Waals surface area contributed by atoms with Crippen LogP contribution in [-0.2, 0) is 9.84 Å². The van der Waals surface area contributed by atoms with Crippen LogP contribution in [0.15, 0.2) is 0 Å². The van der Waals surface area contributed by atoms with Crippen LogP contribution in [-0.4, -0.2) is 32.0 Å². The Labute approximate surface area is 70.9 Å². The summed E-state index contributed by atoms with van der Waals surface area (Å²) in [6, 6.07) is 0.278. The lowest BCUT2D eigenvalue weighted by Crippen LogP contribution is -2.35. The minimum Gasteiger partial charge on any atom is -0.312 e. The monoisotopic (exact) mass is 227 g/mol. The van der Waals surface area contributed by atoms with Crippen molar-refractivity contribution in [1.82, 2.24) is 5.32 Å². The first-order valence-corrected chi connectivity index (χ1v) is 4.85. The average molecular weight is 228 g/mol. The van der Waals surface area contributed by atoms with E-state index in [0.717, 1.165) is 6.42 Å². The predicted octanol–water partition coefficient (Wildman–Crippen LogP) is -0.277. The van der Waals surface area contributed by atoms with Crippen LogP contribution in [0.4, 0.5) is 0 Å². The maximum Gasteiger partial charge on any atom is 0.155 e. The molecular weight excluding hydrogens is 218 g/mol. The van der Waals surface area contributed by atoms with Gasteiger partial charge in [0, 0.05) is 12.6 Å². The number of hydrogen-bond donors (Lipinski definition) is 1. The van der Waals surface area contributed by atoms with Gasteiger partial charge in [0.05, 0.1) is 11.0 Å². The zero-order chi connectivity index (χ0) is 6.48. The highest BCUT2D eigenvalue weighted by atomic mass is 79.9. The van der Waals surface area contributed by atoms with Crippen LogP contribution in [0.25, 0.3) is 0 Å². The second kappa shape index (κ2) is 2.46. The fourth-order valence-electron chi connectivity index (χ4n) is 1.60. The Kier molecular flexibility index (Phi) is 2.09. The average Bonchev–Trinajstić information content (AvgIpc) is 2.19. The first-order valence-electron chi connectivity index (χ1n) is 3.13. The Morgan fingerprint density at radius 2 is 2.10 bits per heavy atom. The van der Waals surface area contributed by atoms with E-state index in [2.05, 4.69) is 5.32 Å². The van der Waals surface area contributed by atoms with E-state index in [0.29, 0.717) is 12.3 Å². The van der Waals surface area contributed by atoms with Gasteiger partial charge in [0.2, 0.25) is 0 Å². The number of fused-ring (bicyclic) bond motifs is 2. The van der Waals surface area contributed by atoms with Crippen LogP contribution in [0.2, 0.25) is 0 Å². The van der Waals surface area contributed by atoms with Crippen molar-refractivity contribution in [2.75, 3.05) is 12.3 Å². The molecule has 2 bridgehead atoms. The van der Waals surface area contributed by atoms with Crippen LogP contribution in [0, 0.1) is 0 Å². The van der Waals surface area contributed by atoms with Gasteiger partial charge in [-0.05, 0) is 6.42 Å². The van der Waals surface area contributed by atoms with Crippen molar-refractivity contribution in [1.29, 1.82) is 0 Å². The first kappa shape index (κ1) is 8.49. The van der Waals surface area contributed by atoms with E-state index in [9.17, 15) is 8.42 Å². The molecule has 0 unspecified atom stereocenters. The molecule has 0 spiro atoms. The van der Waals surface area contributed by atoms with Gasteiger partial charge < -0.3 is 5.32 Å². The zero-order valence-corrected chi connectivity index (χ0v) is 7.94. The molecule has 0 radical (unpaired) electrons. The third kappa shape index (κ3) is 1.10. The van der Waals surface area contributed by atoms with Crippen molar-refractivity contribution in [3.05, 3.63) is 0 Å². The molecule has 60 valence electrons. The molecular formula is C5H10BrNO2S. The van der Waals surface area contributed by atoms with Crippen LogP contribution in [0.3, 0.4) is 0 Å². The molecule has 2 rings (SSSR count). The Balaban J connectivity index is 0.000000500. The van der Waals surface area contributed by atoms with Crippen LogP contribution < -0.4 is 5.32 Å². The third-order valence-corrected chi connectivity index (χ3v) is 4.36. The van der Waals surface area contributed by atoms with E-state index in [1.54, 1.807) is 0 Å². The van der Waals surface area contributed by atoms with E-state index < -0.39 is 9.84 Å². The highest BCUT2D eigenvalue weighted by Gasteiger charge is 2.43. The first-order chi connectivity index (χ1) is 4.18. The third-order valence-electron chi connectivity index (χ3n) is 2.12. The van der Waals surface area contributed by atoms with E-state index >= 15 is 0 Å². The molecule has 0 aliphatic carbocycles. The number of nitrogens with one attached hydrogen (secondary N) is 1. The van der Waals surface area contributed by atoms with Gasteiger partial charge in [-0.2, -0.15) is 0 Å². The number of rotatable bonds is 0. The Morgan fingerprint density at radius 3 is 2.30 bits per heavy atom. The standard InChI is InChI=1S/C5H9NO2S.BrH/c7-9(8)3-4-1-5(9)2-6-4;/h4-6H,1-3H2;1H/t4-,5-;/m0./s1. The quantitative estimate of drug-likeness (QED) is 0.620. The second-order valence-electron chi connectivity index (χ2n) is 2.79. The normalized spacial score (nSPS) is 41.2. The molecule has 2 atom stereocenters. The SMILES string of the molecule is Br.O=S1(=O)C[C@@H]2C[C@H]1CN2. The fourth-order valence-corrected chi connectivity index (χ4v) is 3.56. The van der Waals surface area contributed by atoms with E-state index in [1.165, 1.54) is 0 Å². The zero-order valence-electron chi connectivity index (χ0n) is 5.41. The van der Waals surface area contributed by atoms with Gasteiger partial charge in [0.25, 0.3) is 0 Å². The molecule has 3 nitrogen and oxygen atoms in total. The second-order valence-corrected chi connectivity index (χ2v) is 5.12. The lowest BCUT2D eigenvalue weighted by atomic mass is 10.3. The fraction of sp³-hybridized carbons (Fsp3) is 1.00. The Morgan fingerprint density at radius 1 is 1.40 bits per heavy atom. The summed E-state index contributed by atoms with van der Waals surface area (Å²) in [6.07, 6.45) is 0.850. The molecule has 2 aliphatic rings. The van der Waals surface area contributed by atoms with Crippen LogP contribution in [0.1, 0.15) is 6.42 Å². The molecule has 5 heteroatoms. The van der Waals surface area contributed by atoms with Crippen LogP contribution >= 0.6 is 17.0 Å². The molecule has 10 heavy (non-hydrogen) atoms. The highest BCUT2D eigenvalue weighted by Crippen LogP contribution is 2.25. The lowest BCUT2D eigenvalue weighted by molar-refractivity contribution is 0.576. The maximum absolute atomic E-state index is 11.0. The minimum absolute atomic E-state index is 0. The predicted molar refractivity (Wildman–Crippen MR) is 44.3 cm³/mol. The van der Waals surface area contributed by atoms with Gasteiger partial charge >= 0.3 is 0 Å². The molecule has 2 heterocycles. The van der Waals surface area contributed by atoms with Crippen molar-refractivity contribution < 1.29 is 8.42 Å². The summed E-state index contributed by atoms with van der Waals surface area (Å²) in [6.45, 7) is 0.688. The molecule has 1 N–H and O–H groups in total. The van der Waals surface area contributed by atoms with Gasteiger partial charge in [-0.3, -0.25) is 0 Å². The summed E-state index contributed by atoms with van der Waals surface area (Å²) in [7, 11) is -2.65. The molecule has 2 fully saturated rings. The van der Waals surface area contributed by atoms with Crippen molar-refractivity contribution in [3.8, 4) is 0 Å². The summed E-state index contributed by atoms with van der Waals surface area (Å²) >= 11 is 0. The van der Waals surface area contributed by atoms with Crippen molar-refractivity contribution in [2.45, 2.75) is 17.7 Å². The molecule has 0 amide bonds. The highest BCUT2D eigenvalue weighted by molar-refractivity contribution is 8.93. The number of halogens is 1. The van der Waals surface area contributed by atoms with Gasteiger partial charge in [0.1, 0.15) is 0 Å². The topological polar surface area (TPSA) is 46.2 Å². The maximum atomic E-state index is 11.0. The summed E-state index contributed by atoms with van der Waals surface area (Å²) in [5.74, 6) is 0.373. The number of hydrogen-bond acceptors (Lipinski definition) is 3. The van der Waals surface area contributed by atoms with Crippen molar-refractivity contribution >= 4 is 26.8 Å². The van der Waals surface area contributed by atoms with Crippen molar-refractivity contribution in [3.63, 3.8) is 0 Å². The number of sulfone groups is 1. The molecule has 2 saturated heterocycles. The van der Waals surface area contributed by atoms with Crippen molar-refractivity contribution in [2.24, 2.45) is 0 Å². The van der Waals surface area contributed by atoms with Gasteiger partial charge in [-0.15, -0.1) is 17.0 Å². The molecule has 0 aromatic carbocycles. The summed E-state index contributed by atoms with van der Waals surface area (Å²) in [5.41, 5.74) is 0. The lowest BCUT2D eigenvalue weighted by Gasteiger charge is -2.10. The molecule has 0 aromatic heterocycles. The van der Waals surface area contributed by atoms with E-state index in [1.807, 2.05) is 0 Å². The van der Waals surface area contributed by atoms with Gasteiger partial charge in [-0.1, -0.05) is 0 Å². The summed E-state index contributed by atoms with van der Waals surface area (Å²) in [5, 5.41) is 3.08. The van der Waals surface area contributed by atoms with Gasteiger partial charge in [-0.25, -0.2) is 8.42 Å². The van der Waals surface area contributed by atoms with Crippen LogP contribution in [0.5, 0.6) is 0 Å². The Hall–Kier alpha value is 0.390. The Bertz CT molecular complexity index is 226. The molecule has 0 saturated carbocycles. The minimum atomic E-state index is -2.65.